The topological polar surface area (TPSA) is 26.7 Å². The van der Waals surface area contributed by atoms with Crippen LogP contribution in [0.25, 0.3) is 0 Å². The zero-order valence-electron chi connectivity index (χ0n) is 12.1. The van der Waals surface area contributed by atoms with E-state index in [-0.39, 0.29) is 18.0 Å². The Morgan fingerprint density at radius 2 is 1.81 bits per heavy atom. The highest BCUT2D eigenvalue weighted by Gasteiger charge is 2.31. The van der Waals surface area contributed by atoms with Gasteiger partial charge in [-0.2, -0.15) is 0 Å². The largest absolute Gasteiger partial charge is 0.391 e. The molecule has 2 aliphatic rings. The van der Waals surface area contributed by atoms with E-state index in [0.717, 1.165) is 45.4 Å². The van der Waals surface area contributed by atoms with Gasteiger partial charge in [0, 0.05) is 37.2 Å². The van der Waals surface area contributed by atoms with Crippen molar-refractivity contribution < 1.29 is 9.50 Å². The molecule has 21 heavy (non-hydrogen) atoms. The standard InChI is InChI=1S/C16H22ClFN2O/c17-12-5-6-14(13(18)11-12)19-7-9-20(10-8-19)15-3-1-2-4-16(15)21/h5-6,11,15-16,21H,1-4,7-10H2. The second-order valence-electron chi connectivity index (χ2n) is 6.04. The molecule has 3 rings (SSSR count). The lowest BCUT2D eigenvalue weighted by molar-refractivity contribution is 0.0172. The summed E-state index contributed by atoms with van der Waals surface area (Å²) in [4.78, 5) is 4.44. The number of rotatable bonds is 2. The van der Waals surface area contributed by atoms with E-state index in [9.17, 15) is 9.50 Å². The first-order valence-corrected chi connectivity index (χ1v) is 8.15. The van der Waals surface area contributed by atoms with Crippen LogP contribution in [-0.4, -0.2) is 48.3 Å². The zero-order chi connectivity index (χ0) is 14.8. The van der Waals surface area contributed by atoms with Crippen LogP contribution in [0.3, 0.4) is 0 Å². The van der Waals surface area contributed by atoms with Crippen molar-refractivity contribution in [2.75, 3.05) is 31.1 Å². The Morgan fingerprint density at radius 3 is 2.48 bits per heavy atom. The quantitative estimate of drug-likeness (QED) is 0.909. The third-order valence-corrected chi connectivity index (χ3v) is 4.96. The Bertz CT molecular complexity index is 491. The molecule has 116 valence electrons. The molecule has 1 saturated heterocycles. The molecule has 2 atom stereocenters. The minimum Gasteiger partial charge on any atom is -0.391 e. The van der Waals surface area contributed by atoms with E-state index in [1.54, 1.807) is 12.1 Å². The Balaban J connectivity index is 1.62. The van der Waals surface area contributed by atoms with Gasteiger partial charge in [-0.05, 0) is 31.0 Å². The predicted octanol–water partition coefficient (Wildman–Crippen LogP) is 2.90. The molecule has 1 aliphatic heterocycles. The second-order valence-corrected chi connectivity index (χ2v) is 6.47. The van der Waals surface area contributed by atoms with Gasteiger partial charge >= 0.3 is 0 Å². The number of aliphatic hydroxyl groups excluding tert-OH is 1. The van der Waals surface area contributed by atoms with Gasteiger partial charge in [0.1, 0.15) is 5.82 Å². The van der Waals surface area contributed by atoms with Crippen LogP contribution in [-0.2, 0) is 0 Å². The molecule has 5 heteroatoms. The van der Waals surface area contributed by atoms with Crippen molar-refractivity contribution in [1.82, 2.24) is 4.90 Å². The Hall–Kier alpha value is -0.840. The number of piperazine rings is 1. The molecule has 0 amide bonds. The lowest BCUT2D eigenvalue weighted by atomic mass is 9.91. The monoisotopic (exact) mass is 312 g/mol. The van der Waals surface area contributed by atoms with Gasteiger partial charge in [-0.15, -0.1) is 0 Å². The number of halogens is 2. The molecule has 0 radical (unpaired) electrons. The van der Waals surface area contributed by atoms with E-state index in [1.165, 1.54) is 12.5 Å². The minimum atomic E-state index is -0.256. The first kappa shape index (κ1) is 15.1. The minimum absolute atomic E-state index is 0.197. The number of benzene rings is 1. The fourth-order valence-corrected chi connectivity index (χ4v) is 3.71. The summed E-state index contributed by atoms with van der Waals surface area (Å²) >= 11 is 5.80. The number of nitrogens with zero attached hydrogens (tertiary/aromatic N) is 2. The maximum Gasteiger partial charge on any atom is 0.147 e. The summed E-state index contributed by atoms with van der Waals surface area (Å²) in [5.74, 6) is -0.256. The summed E-state index contributed by atoms with van der Waals surface area (Å²) in [5, 5.41) is 10.6. The van der Waals surface area contributed by atoms with E-state index in [0.29, 0.717) is 10.7 Å². The summed E-state index contributed by atoms with van der Waals surface area (Å²) in [6.07, 6.45) is 4.13. The first-order valence-electron chi connectivity index (χ1n) is 7.77. The van der Waals surface area contributed by atoms with Crippen molar-refractivity contribution in [3.05, 3.63) is 29.0 Å². The van der Waals surface area contributed by atoms with Crippen LogP contribution in [0.2, 0.25) is 5.02 Å². The van der Waals surface area contributed by atoms with E-state index in [2.05, 4.69) is 9.80 Å². The lowest BCUT2D eigenvalue weighted by Crippen LogP contribution is -2.54. The van der Waals surface area contributed by atoms with Gasteiger partial charge in [0.15, 0.2) is 0 Å². The van der Waals surface area contributed by atoms with Crippen LogP contribution in [0.4, 0.5) is 10.1 Å². The molecule has 2 fully saturated rings. The molecule has 1 aromatic rings. The molecule has 2 unspecified atom stereocenters. The van der Waals surface area contributed by atoms with Crippen LogP contribution in [0.5, 0.6) is 0 Å². The fraction of sp³-hybridized carbons (Fsp3) is 0.625. The van der Waals surface area contributed by atoms with E-state index in [4.69, 9.17) is 11.6 Å². The molecule has 1 aromatic carbocycles. The molecule has 1 aliphatic carbocycles. The Kier molecular flexibility index (Phi) is 4.67. The highest BCUT2D eigenvalue weighted by Crippen LogP contribution is 2.27. The number of hydrogen-bond donors (Lipinski definition) is 1. The maximum atomic E-state index is 14.0. The highest BCUT2D eigenvalue weighted by atomic mass is 35.5. The summed E-state index contributed by atoms with van der Waals surface area (Å²) < 4.78 is 14.0. The molecular formula is C16H22ClFN2O. The molecule has 0 spiro atoms. The normalized spacial score (nSPS) is 27.9. The van der Waals surface area contributed by atoms with Crippen LogP contribution >= 0.6 is 11.6 Å². The van der Waals surface area contributed by atoms with Crippen LogP contribution in [0.1, 0.15) is 25.7 Å². The highest BCUT2D eigenvalue weighted by molar-refractivity contribution is 6.30. The molecule has 1 heterocycles. The average Bonchev–Trinajstić information content (AvgIpc) is 2.48. The van der Waals surface area contributed by atoms with Crippen molar-refractivity contribution in [1.29, 1.82) is 0 Å². The van der Waals surface area contributed by atoms with Gasteiger partial charge in [0.2, 0.25) is 0 Å². The summed E-state index contributed by atoms with van der Waals surface area (Å²) in [6, 6.07) is 5.14. The van der Waals surface area contributed by atoms with E-state index in [1.807, 2.05) is 0 Å². The molecular weight excluding hydrogens is 291 g/mol. The molecule has 0 bridgehead atoms. The molecule has 1 saturated carbocycles. The van der Waals surface area contributed by atoms with Crippen LogP contribution in [0.15, 0.2) is 18.2 Å². The molecule has 0 aromatic heterocycles. The molecule has 1 N–H and O–H groups in total. The van der Waals surface area contributed by atoms with Crippen molar-refractivity contribution in [3.63, 3.8) is 0 Å². The number of aliphatic hydroxyl groups is 1. The number of hydrogen-bond acceptors (Lipinski definition) is 3. The van der Waals surface area contributed by atoms with E-state index >= 15 is 0 Å². The predicted molar refractivity (Wildman–Crippen MR) is 83.5 cm³/mol. The van der Waals surface area contributed by atoms with Crippen molar-refractivity contribution >= 4 is 17.3 Å². The van der Waals surface area contributed by atoms with Gasteiger partial charge in [-0.25, -0.2) is 4.39 Å². The van der Waals surface area contributed by atoms with Gasteiger partial charge in [0.25, 0.3) is 0 Å². The third kappa shape index (κ3) is 3.33. The molecule has 3 nitrogen and oxygen atoms in total. The Labute approximate surface area is 130 Å². The zero-order valence-corrected chi connectivity index (χ0v) is 12.9. The summed E-state index contributed by atoms with van der Waals surface area (Å²) in [5.41, 5.74) is 0.628. The summed E-state index contributed by atoms with van der Waals surface area (Å²) in [7, 11) is 0. The third-order valence-electron chi connectivity index (χ3n) is 4.73. The van der Waals surface area contributed by atoms with Crippen molar-refractivity contribution in [2.45, 2.75) is 37.8 Å². The van der Waals surface area contributed by atoms with Gasteiger partial charge < -0.3 is 10.0 Å². The first-order chi connectivity index (χ1) is 10.1. The fourth-order valence-electron chi connectivity index (χ4n) is 3.55. The smallest absolute Gasteiger partial charge is 0.147 e. The maximum absolute atomic E-state index is 14.0. The summed E-state index contributed by atoms with van der Waals surface area (Å²) in [6.45, 7) is 3.34. The van der Waals surface area contributed by atoms with Crippen molar-refractivity contribution in [2.24, 2.45) is 0 Å². The Morgan fingerprint density at radius 1 is 1.10 bits per heavy atom. The van der Waals surface area contributed by atoms with Crippen molar-refractivity contribution in [3.8, 4) is 0 Å². The average molecular weight is 313 g/mol. The van der Waals surface area contributed by atoms with Crippen LogP contribution < -0.4 is 4.90 Å². The van der Waals surface area contributed by atoms with Gasteiger partial charge in [-0.3, -0.25) is 4.90 Å². The SMILES string of the molecule is OC1CCCCC1N1CCN(c2ccc(Cl)cc2F)CC1. The van der Waals surface area contributed by atoms with Gasteiger partial charge in [-0.1, -0.05) is 24.4 Å². The van der Waals surface area contributed by atoms with Gasteiger partial charge in [0.05, 0.1) is 11.8 Å². The van der Waals surface area contributed by atoms with E-state index < -0.39 is 0 Å². The van der Waals surface area contributed by atoms with Crippen LogP contribution in [0, 0.1) is 5.82 Å². The lowest BCUT2D eigenvalue weighted by Gasteiger charge is -2.43. The number of anilines is 1. The second kappa shape index (κ2) is 6.51.